The Morgan fingerprint density at radius 2 is 1.94 bits per heavy atom. The number of carbonyl (C=O) groups excluding carboxylic acids is 1. The predicted octanol–water partition coefficient (Wildman–Crippen LogP) is 4.73. The van der Waals surface area contributed by atoms with Crippen LogP contribution in [0.5, 0.6) is 0 Å². The van der Waals surface area contributed by atoms with Gasteiger partial charge in [0.1, 0.15) is 5.78 Å². The van der Waals surface area contributed by atoms with Crippen LogP contribution >= 0.6 is 15.9 Å². The zero-order valence-electron chi connectivity index (χ0n) is 10.7. The summed E-state index contributed by atoms with van der Waals surface area (Å²) in [5.41, 5.74) is 0.392. The van der Waals surface area contributed by atoms with Crippen molar-refractivity contribution in [3.63, 3.8) is 0 Å². The highest BCUT2D eigenvalue weighted by atomic mass is 79.9. The van der Waals surface area contributed by atoms with Crippen molar-refractivity contribution >= 4 is 21.7 Å². The molecule has 0 aliphatic heterocycles. The minimum Gasteiger partial charge on any atom is -0.300 e. The Balaban J connectivity index is 2.25. The zero-order valence-corrected chi connectivity index (χ0v) is 12.3. The molecule has 0 heterocycles. The third kappa shape index (κ3) is 4.57. The van der Waals surface area contributed by atoms with E-state index in [1.807, 2.05) is 0 Å². The molecule has 1 fully saturated rings. The number of carbonyl (C=O) groups is 1. The van der Waals surface area contributed by atoms with Gasteiger partial charge in [-0.2, -0.15) is 0 Å². The lowest BCUT2D eigenvalue weighted by Crippen LogP contribution is -2.32. The highest BCUT2D eigenvalue weighted by Crippen LogP contribution is 2.41. The SMILES string of the molecule is CC1(C)CCC(=O)C[C@@H]1CCCCCCBr. The second-order valence-electron chi connectivity index (χ2n) is 5.82. The minimum atomic E-state index is 0.392. The fourth-order valence-electron chi connectivity index (χ4n) is 2.65. The maximum atomic E-state index is 11.5. The van der Waals surface area contributed by atoms with E-state index in [0.717, 1.165) is 24.6 Å². The Bertz CT molecular complexity index is 223. The van der Waals surface area contributed by atoms with Crippen LogP contribution in [0.15, 0.2) is 0 Å². The number of halogens is 1. The Hall–Kier alpha value is 0.150. The molecule has 0 saturated heterocycles. The van der Waals surface area contributed by atoms with E-state index >= 15 is 0 Å². The molecule has 2 heteroatoms. The van der Waals surface area contributed by atoms with E-state index in [4.69, 9.17) is 0 Å². The lowest BCUT2D eigenvalue weighted by molar-refractivity contribution is -0.124. The lowest BCUT2D eigenvalue weighted by atomic mass is 9.67. The van der Waals surface area contributed by atoms with Crippen LogP contribution in [0, 0.1) is 11.3 Å². The van der Waals surface area contributed by atoms with Gasteiger partial charge in [0.2, 0.25) is 0 Å². The Kier molecular flexibility index (Phi) is 6.02. The molecule has 0 N–H and O–H groups in total. The van der Waals surface area contributed by atoms with Crippen molar-refractivity contribution < 1.29 is 4.79 Å². The molecule has 0 aromatic carbocycles. The van der Waals surface area contributed by atoms with Gasteiger partial charge in [-0.15, -0.1) is 0 Å². The Labute approximate surface area is 109 Å². The highest BCUT2D eigenvalue weighted by Gasteiger charge is 2.34. The highest BCUT2D eigenvalue weighted by molar-refractivity contribution is 9.09. The molecule has 0 radical (unpaired) electrons. The molecule has 1 aliphatic rings. The molecule has 16 heavy (non-hydrogen) atoms. The molecule has 0 unspecified atom stereocenters. The van der Waals surface area contributed by atoms with Crippen LogP contribution in [0.4, 0.5) is 0 Å². The van der Waals surface area contributed by atoms with E-state index in [0.29, 0.717) is 17.1 Å². The first-order chi connectivity index (χ1) is 7.56. The summed E-state index contributed by atoms with van der Waals surface area (Å²) in [4.78, 5) is 11.5. The molecule has 0 bridgehead atoms. The maximum Gasteiger partial charge on any atom is 0.133 e. The summed E-state index contributed by atoms with van der Waals surface area (Å²) >= 11 is 3.46. The van der Waals surface area contributed by atoms with Gasteiger partial charge in [-0.25, -0.2) is 0 Å². The third-order valence-corrected chi connectivity index (χ3v) is 4.62. The average molecular weight is 289 g/mol. The molecule has 0 aromatic heterocycles. The van der Waals surface area contributed by atoms with E-state index in [2.05, 4.69) is 29.8 Å². The smallest absolute Gasteiger partial charge is 0.133 e. The van der Waals surface area contributed by atoms with Crippen LogP contribution in [0.2, 0.25) is 0 Å². The predicted molar refractivity (Wildman–Crippen MR) is 73.0 cm³/mol. The molecular formula is C14H25BrO. The van der Waals surface area contributed by atoms with E-state index in [1.165, 1.54) is 32.1 Å². The summed E-state index contributed by atoms with van der Waals surface area (Å²) in [5, 5.41) is 1.13. The van der Waals surface area contributed by atoms with Crippen LogP contribution in [0.25, 0.3) is 0 Å². The molecule has 1 aliphatic carbocycles. The summed E-state index contributed by atoms with van der Waals surface area (Å²) in [6.07, 6.45) is 9.23. The van der Waals surface area contributed by atoms with E-state index in [9.17, 15) is 4.79 Å². The first-order valence-electron chi connectivity index (χ1n) is 6.64. The number of ketones is 1. The first-order valence-corrected chi connectivity index (χ1v) is 7.76. The number of alkyl halides is 1. The fourth-order valence-corrected chi connectivity index (χ4v) is 3.05. The van der Waals surface area contributed by atoms with Gasteiger partial charge in [-0.05, 0) is 30.6 Å². The quantitative estimate of drug-likeness (QED) is 0.510. The van der Waals surface area contributed by atoms with Crippen LogP contribution in [-0.2, 0) is 4.79 Å². The monoisotopic (exact) mass is 288 g/mol. The summed E-state index contributed by atoms with van der Waals surface area (Å²) < 4.78 is 0. The number of Topliss-reactive ketones (excluding diaryl/α,β-unsaturated/α-hetero) is 1. The van der Waals surface area contributed by atoms with Crippen molar-refractivity contribution in [2.24, 2.45) is 11.3 Å². The largest absolute Gasteiger partial charge is 0.300 e. The topological polar surface area (TPSA) is 17.1 Å². The van der Waals surface area contributed by atoms with Gasteiger partial charge in [0.25, 0.3) is 0 Å². The number of hydrogen-bond donors (Lipinski definition) is 0. The first kappa shape index (κ1) is 14.2. The van der Waals surface area contributed by atoms with Crippen molar-refractivity contribution in [3.05, 3.63) is 0 Å². The van der Waals surface area contributed by atoms with Crippen molar-refractivity contribution in [3.8, 4) is 0 Å². The summed E-state index contributed by atoms with van der Waals surface area (Å²) in [7, 11) is 0. The minimum absolute atomic E-state index is 0.392. The second-order valence-corrected chi connectivity index (χ2v) is 6.61. The number of unbranched alkanes of at least 4 members (excludes halogenated alkanes) is 3. The number of rotatable bonds is 6. The van der Waals surface area contributed by atoms with Crippen LogP contribution in [0.1, 0.15) is 65.2 Å². The molecular weight excluding hydrogens is 264 g/mol. The van der Waals surface area contributed by atoms with Gasteiger partial charge in [0.05, 0.1) is 0 Å². The van der Waals surface area contributed by atoms with Gasteiger partial charge >= 0.3 is 0 Å². The fraction of sp³-hybridized carbons (Fsp3) is 0.929. The van der Waals surface area contributed by atoms with Crippen LogP contribution < -0.4 is 0 Å². The van der Waals surface area contributed by atoms with Crippen LogP contribution in [-0.4, -0.2) is 11.1 Å². The average Bonchev–Trinajstić information content (AvgIpc) is 2.23. The standard InChI is InChI=1S/C14H25BrO/c1-14(2)9-8-13(16)11-12(14)7-5-3-4-6-10-15/h12H,3-11H2,1-2H3/t12-/m0/s1. The van der Waals surface area contributed by atoms with Gasteiger partial charge in [-0.1, -0.05) is 49.0 Å². The van der Waals surface area contributed by atoms with Gasteiger partial charge in [0.15, 0.2) is 0 Å². The number of hydrogen-bond acceptors (Lipinski definition) is 1. The van der Waals surface area contributed by atoms with E-state index < -0.39 is 0 Å². The lowest BCUT2D eigenvalue weighted by Gasteiger charge is -2.38. The van der Waals surface area contributed by atoms with Gasteiger partial charge < -0.3 is 0 Å². The van der Waals surface area contributed by atoms with E-state index in [-0.39, 0.29) is 0 Å². The van der Waals surface area contributed by atoms with Crippen molar-refractivity contribution in [1.82, 2.24) is 0 Å². The Morgan fingerprint density at radius 1 is 1.25 bits per heavy atom. The normalized spacial score (nSPS) is 24.7. The van der Waals surface area contributed by atoms with Crippen molar-refractivity contribution in [2.75, 3.05) is 5.33 Å². The zero-order chi connectivity index (χ0) is 12.0. The molecule has 0 spiro atoms. The third-order valence-electron chi connectivity index (χ3n) is 4.06. The molecule has 0 amide bonds. The molecule has 0 aromatic rings. The molecule has 1 saturated carbocycles. The second kappa shape index (κ2) is 6.78. The molecule has 94 valence electrons. The van der Waals surface area contributed by atoms with Crippen LogP contribution in [0.3, 0.4) is 0 Å². The molecule has 1 nitrogen and oxygen atoms in total. The maximum absolute atomic E-state index is 11.5. The van der Waals surface area contributed by atoms with Crippen molar-refractivity contribution in [2.45, 2.75) is 65.2 Å². The summed E-state index contributed by atoms with van der Waals surface area (Å²) in [5.74, 6) is 1.13. The van der Waals surface area contributed by atoms with Crippen molar-refractivity contribution in [1.29, 1.82) is 0 Å². The van der Waals surface area contributed by atoms with Gasteiger partial charge in [0, 0.05) is 18.2 Å². The summed E-state index contributed by atoms with van der Waals surface area (Å²) in [6.45, 7) is 4.67. The van der Waals surface area contributed by atoms with Gasteiger partial charge in [-0.3, -0.25) is 4.79 Å². The van der Waals surface area contributed by atoms with E-state index in [1.54, 1.807) is 0 Å². The summed E-state index contributed by atoms with van der Waals surface area (Å²) in [6, 6.07) is 0. The Morgan fingerprint density at radius 3 is 2.62 bits per heavy atom. The molecule has 1 atom stereocenters. The molecule has 1 rings (SSSR count).